The molecule has 2 aromatic heterocycles. The molecular formula is C23H21NO6S2. The highest BCUT2D eigenvalue weighted by molar-refractivity contribution is 7.89. The summed E-state index contributed by atoms with van der Waals surface area (Å²) >= 11 is 1.40. The van der Waals surface area contributed by atoms with E-state index in [1.54, 1.807) is 26.0 Å². The Kier molecular flexibility index (Phi) is 5.66. The third-order valence-electron chi connectivity index (χ3n) is 5.21. The minimum absolute atomic E-state index is 0.0102. The molecule has 0 fully saturated rings. The van der Waals surface area contributed by atoms with Crippen LogP contribution in [0.5, 0.6) is 0 Å². The number of hydrogen-bond acceptors (Lipinski definition) is 6. The van der Waals surface area contributed by atoms with Crippen molar-refractivity contribution in [2.75, 3.05) is 0 Å². The number of sulfonamides is 1. The first kappa shape index (κ1) is 22.2. The molecule has 1 atom stereocenters. The van der Waals surface area contributed by atoms with E-state index in [0.29, 0.717) is 21.4 Å². The molecular weight excluding hydrogens is 450 g/mol. The van der Waals surface area contributed by atoms with Crippen LogP contribution in [0.1, 0.15) is 30.4 Å². The normalized spacial score (nSPS) is 13.1. The Labute approximate surface area is 188 Å². The van der Waals surface area contributed by atoms with Gasteiger partial charge < -0.3 is 9.52 Å². The molecule has 2 heterocycles. The fraction of sp³-hybridized carbons (Fsp3) is 0.217. The summed E-state index contributed by atoms with van der Waals surface area (Å²) in [6.45, 7) is 4.80. The first-order valence-electron chi connectivity index (χ1n) is 9.89. The summed E-state index contributed by atoms with van der Waals surface area (Å²) < 4.78 is 33.8. The van der Waals surface area contributed by atoms with E-state index in [0.717, 1.165) is 15.8 Å². The largest absolute Gasteiger partial charge is 0.480 e. The number of thiophene rings is 1. The molecule has 166 valence electrons. The molecule has 0 radical (unpaired) electrons. The van der Waals surface area contributed by atoms with Gasteiger partial charge in [0.25, 0.3) is 0 Å². The highest BCUT2D eigenvalue weighted by Gasteiger charge is 2.28. The van der Waals surface area contributed by atoms with Gasteiger partial charge in [0, 0.05) is 15.6 Å². The molecule has 0 aliphatic heterocycles. The fourth-order valence-corrected chi connectivity index (χ4v) is 5.73. The molecule has 4 aromatic rings. The first-order valence-corrected chi connectivity index (χ1v) is 12.2. The average molecular weight is 472 g/mol. The van der Waals surface area contributed by atoms with Crippen LogP contribution < -0.4 is 4.72 Å². The second-order valence-electron chi connectivity index (χ2n) is 7.87. The molecule has 2 N–H and O–H groups in total. The van der Waals surface area contributed by atoms with Gasteiger partial charge in [0.1, 0.15) is 17.2 Å². The zero-order valence-corrected chi connectivity index (χ0v) is 19.2. The van der Waals surface area contributed by atoms with Crippen LogP contribution in [0.25, 0.3) is 32.4 Å². The van der Waals surface area contributed by atoms with Crippen molar-refractivity contribution in [1.82, 2.24) is 4.72 Å². The molecule has 0 amide bonds. The Bertz CT molecular complexity index is 1460. The van der Waals surface area contributed by atoms with Gasteiger partial charge in [-0.15, -0.1) is 11.3 Å². The number of hydrogen-bond donors (Lipinski definition) is 2. The van der Waals surface area contributed by atoms with Crippen LogP contribution in [-0.2, 0) is 14.8 Å². The molecule has 2 aromatic carbocycles. The quantitative estimate of drug-likeness (QED) is 0.371. The van der Waals surface area contributed by atoms with Gasteiger partial charge in [0.15, 0.2) is 5.78 Å². The summed E-state index contributed by atoms with van der Waals surface area (Å²) in [5, 5.41) is 10.7. The molecule has 32 heavy (non-hydrogen) atoms. The summed E-state index contributed by atoms with van der Waals surface area (Å²) in [6, 6.07) is 12.5. The number of rotatable bonds is 7. The molecule has 9 heteroatoms. The Morgan fingerprint density at radius 2 is 1.75 bits per heavy atom. The second kappa shape index (κ2) is 8.16. The topological polar surface area (TPSA) is 114 Å². The minimum atomic E-state index is -4.05. The standard InChI is InChI=1S/C23H21NO6S2/c1-12(2)22(23(26)27)24-32(28,29)15-5-7-18-17(11-15)16-6-4-14(10-19(16)30-18)21-9-8-20(31-21)13(3)25/h4-12,22,24H,1-3H3,(H,26,27)/t22-/m1/s1. The van der Waals surface area contributed by atoms with E-state index in [4.69, 9.17) is 4.42 Å². The lowest BCUT2D eigenvalue weighted by molar-refractivity contribution is -0.140. The Morgan fingerprint density at radius 3 is 2.38 bits per heavy atom. The monoisotopic (exact) mass is 471 g/mol. The zero-order chi connectivity index (χ0) is 23.2. The second-order valence-corrected chi connectivity index (χ2v) is 10.7. The molecule has 4 rings (SSSR count). The van der Waals surface area contributed by atoms with Crippen molar-refractivity contribution < 1.29 is 27.5 Å². The molecule has 0 saturated carbocycles. The molecule has 0 bridgehead atoms. The maximum Gasteiger partial charge on any atom is 0.322 e. The summed E-state index contributed by atoms with van der Waals surface area (Å²) in [6.07, 6.45) is 0. The highest BCUT2D eigenvalue weighted by atomic mass is 32.2. The third-order valence-corrected chi connectivity index (χ3v) is 7.88. The van der Waals surface area contributed by atoms with E-state index in [-0.39, 0.29) is 10.7 Å². The number of carboxylic acid groups (broad SMARTS) is 1. The molecule has 0 aliphatic rings. The number of carboxylic acids is 1. The van der Waals surface area contributed by atoms with Crippen LogP contribution in [0.3, 0.4) is 0 Å². The molecule has 0 saturated heterocycles. The SMILES string of the molecule is CC(=O)c1ccc(-c2ccc3c(c2)oc2ccc(S(=O)(=O)N[C@@H](C(=O)O)C(C)C)cc23)s1. The lowest BCUT2D eigenvalue weighted by Gasteiger charge is -2.17. The average Bonchev–Trinajstić information content (AvgIpc) is 3.35. The van der Waals surface area contributed by atoms with E-state index >= 15 is 0 Å². The number of nitrogens with one attached hydrogen (secondary N) is 1. The summed E-state index contributed by atoms with van der Waals surface area (Å²) in [5.74, 6) is -1.64. The highest BCUT2D eigenvalue weighted by Crippen LogP contribution is 2.35. The predicted molar refractivity (Wildman–Crippen MR) is 124 cm³/mol. The van der Waals surface area contributed by atoms with Crippen molar-refractivity contribution in [3.05, 3.63) is 53.4 Å². The number of fused-ring (bicyclic) bond motifs is 3. The van der Waals surface area contributed by atoms with Gasteiger partial charge in [-0.05, 0) is 60.9 Å². The number of Topliss-reactive ketones (excluding diaryl/α,β-unsaturated/α-hetero) is 1. The molecule has 0 unspecified atom stereocenters. The van der Waals surface area contributed by atoms with Crippen LogP contribution >= 0.6 is 11.3 Å². The van der Waals surface area contributed by atoms with Crippen molar-refractivity contribution >= 4 is 55.1 Å². The lowest BCUT2D eigenvalue weighted by Crippen LogP contribution is -2.44. The van der Waals surface area contributed by atoms with E-state index in [1.807, 2.05) is 24.3 Å². The van der Waals surface area contributed by atoms with Crippen LogP contribution in [0.15, 0.2) is 57.8 Å². The van der Waals surface area contributed by atoms with Crippen molar-refractivity contribution in [1.29, 1.82) is 0 Å². The Balaban J connectivity index is 1.74. The summed E-state index contributed by atoms with van der Waals surface area (Å²) in [5.41, 5.74) is 2.00. The lowest BCUT2D eigenvalue weighted by atomic mass is 10.1. The van der Waals surface area contributed by atoms with E-state index < -0.39 is 28.0 Å². The number of ketones is 1. The maximum absolute atomic E-state index is 12.8. The van der Waals surface area contributed by atoms with Gasteiger partial charge in [-0.1, -0.05) is 19.9 Å². The van der Waals surface area contributed by atoms with Gasteiger partial charge in [-0.2, -0.15) is 4.72 Å². The number of carbonyl (C=O) groups excluding carboxylic acids is 1. The van der Waals surface area contributed by atoms with Crippen molar-refractivity contribution in [3.8, 4) is 10.4 Å². The fourth-order valence-electron chi connectivity index (χ4n) is 3.47. The van der Waals surface area contributed by atoms with Crippen LogP contribution in [0.2, 0.25) is 0 Å². The van der Waals surface area contributed by atoms with Gasteiger partial charge in [-0.3, -0.25) is 9.59 Å². The smallest absolute Gasteiger partial charge is 0.322 e. The summed E-state index contributed by atoms with van der Waals surface area (Å²) in [4.78, 5) is 24.6. The van der Waals surface area contributed by atoms with Gasteiger partial charge in [0.2, 0.25) is 10.0 Å². The number of benzene rings is 2. The van der Waals surface area contributed by atoms with E-state index in [2.05, 4.69) is 4.72 Å². The molecule has 0 aliphatic carbocycles. The summed E-state index contributed by atoms with van der Waals surface area (Å²) in [7, 11) is -4.05. The number of carbonyl (C=O) groups is 2. The minimum Gasteiger partial charge on any atom is -0.480 e. The third kappa shape index (κ3) is 4.06. The van der Waals surface area contributed by atoms with Crippen LogP contribution in [-0.4, -0.2) is 31.3 Å². The Hall–Kier alpha value is -3.01. The number of aliphatic carboxylic acids is 1. The first-order chi connectivity index (χ1) is 15.1. The van der Waals surface area contributed by atoms with Crippen LogP contribution in [0, 0.1) is 5.92 Å². The number of furan rings is 1. The van der Waals surface area contributed by atoms with Crippen molar-refractivity contribution in [2.24, 2.45) is 5.92 Å². The van der Waals surface area contributed by atoms with Gasteiger partial charge in [0.05, 0.1) is 9.77 Å². The van der Waals surface area contributed by atoms with Gasteiger partial charge >= 0.3 is 5.97 Å². The van der Waals surface area contributed by atoms with Crippen molar-refractivity contribution in [2.45, 2.75) is 31.7 Å². The van der Waals surface area contributed by atoms with E-state index in [1.165, 1.54) is 30.4 Å². The zero-order valence-electron chi connectivity index (χ0n) is 17.6. The molecule has 7 nitrogen and oxygen atoms in total. The molecule has 0 spiro atoms. The Morgan fingerprint density at radius 1 is 1.00 bits per heavy atom. The maximum atomic E-state index is 12.8. The predicted octanol–water partition coefficient (Wildman–Crippen LogP) is 4.90. The van der Waals surface area contributed by atoms with Gasteiger partial charge in [-0.25, -0.2) is 8.42 Å². The van der Waals surface area contributed by atoms with E-state index in [9.17, 15) is 23.1 Å². The van der Waals surface area contributed by atoms with Crippen molar-refractivity contribution in [3.63, 3.8) is 0 Å². The van der Waals surface area contributed by atoms with Crippen LogP contribution in [0.4, 0.5) is 0 Å².